The Morgan fingerprint density at radius 1 is 1.40 bits per heavy atom. The monoisotopic (exact) mass is 339 g/mol. The van der Waals surface area contributed by atoms with Gasteiger partial charge in [-0.15, -0.1) is 5.10 Å². The molecular weight excluding hydrogens is 330 g/mol. The fourth-order valence-corrected chi connectivity index (χ4v) is 1.79. The predicted molar refractivity (Wildman–Crippen MR) is 71.3 cm³/mol. The Balaban J connectivity index is 1.86. The van der Waals surface area contributed by atoms with E-state index in [9.17, 15) is 9.59 Å². The van der Waals surface area contributed by atoms with Crippen molar-refractivity contribution in [1.82, 2.24) is 25.3 Å². The van der Waals surface area contributed by atoms with E-state index < -0.39 is 5.97 Å². The summed E-state index contributed by atoms with van der Waals surface area (Å²) in [5, 5.41) is 18.5. The molecule has 0 spiro atoms. The lowest BCUT2D eigenvalue weighted by Crippen LogP contribution is -2.27. The van der Waals surface area contributed by atoms with Crippen molar-refractivity contribution in [1.29, 1.82) is 0 Å². The summed E-state index contributed by atoms with van der Waals surface area (Å²) < 4.78 is 2.07. The molecule has 0 aliphatic rings. The zero-order valence-electron chi connectivity index (χ0n) is 10.2. The molecule has 0 unspecified atom stereocenters. The first kappa shape index (κ1) is 14.1. The van der Waals surface area contributed by atoms with Crippen molar-refractivity contribution in [3.8, 4) is 0 Å². The van der Waals surface area contributed by atoms with E-state index in [4.69, 9.17) is 5.11 Å². The van der Waals surface area contributed by atoms with E-state index in [0.717, 1.165) is 0 Å². The number of hydrogen-bond acceptors (Lipinski definition) is 5. The van der Waals surface area contributed by atoms with E-state index in [-0.39, 0.29) is 11.6 Å². The summed E-state index contributed by atoms with van der Waals surface area (Å²) in [6, 6.07) is 1.65. The van der Waals surface area contributed by atoms with Gasteiger partial charge in [-0.05, 0) is 22.0 Å². The minimum atomic E-state index is -1.14. The number of carbonyl (C=O) groups is 2. The Labute approximate surface area is 121 Å². The summed E-state index contributed by atoms with van der Waals surface area (Å²) in [5.41, 5.74) is 0.303. The number of carboxylic acid groups (broad SMARTS) is 1. The number of carbonyl (C=O) groups excluding carboxylic acids is 1. The second-order valence-electron chi connectivity index (χ2n) is 3.82. The summed E-state index contributed by atoms with van der Waals surface area (Å²) in [5.74, 6) is -1.40. The fraction of sp³-hybridized carbons (Fsp3) is 0.182. The number of nitrogens with one attached hydrogen (secondary N) is 1. The number of pyridine rings is 1. The highest BCUT2D eigenvalue weighted by molar-refractivity contribution is 9.10. The third-order valence-electron chi connectivity index (χ3n) is 2.35. The molecule has 0 aliphatic carbocycles. The molecule has 20 heavy (non-hydrogen) atoms. The predicted octanol–water partition coefficient (Wildman–Crippen LogP) is 0.564. The lowest BCUT2D eigenvalue weighted by atomic mass is 10.3. The van der Waals surface area contributed by atoms with Gasteiger partial charge in [0.2, 0.25) is 0 Å². The van der Waals surface area contributed by atoms with Crippen molar-refractivity contribution in [2.24, 2.45) is 0 Å². The van der Waals surface area contributed by atoms with Gasteiger partial charge in [0, 0.05) is 23.4 Å². The van der Waals surface area contributed by atoms with Gasteiger partial charge in [-0.2, -0.15) is 0 Å². The minimum Gasteiger partial charge on any atom is -0.476 e. The zero-order valence-corrected chi connectivity index (χ0v) is 11.7. The topological polar surface area (TPSA) is 110 Å². The SMILES string of the molecule is O=C(NCCn1cc(C(=O)O)nn1)c1cncc(Br)c1. The van der Waals surface area contributed by atoms with Gasteiger partial charge in [0.1, 0.15) is 0 Å². The minimum absolute atomic E-state index is 0.132. The van der Waals surface area contributed by atoms with Crippen molar-refractivity contribution >= 4 is 27.8 Å². The van der Waals surface area contributed by atoms with E-state index in [0.29, 0.717) is 23.1 Å². The van der Waals surface area contributed by atoms with Crippen molar-refractivity contribution in [2.45, 2.75) is 6.54 Å². The number of hydrogen-bond donors (Lipinski definition) is 2. The largest absolute Gasteiger partial charge is 0.476 e. The van der Waals surface area contributed by atoms with Gasteiger partial charge < -0.3 is 10.4 Å². The molecule has 2 N–H and O–H groups in total. The Bertz CT molecular complexity index is 642. The van der Waals surface area contributed by atoms with Crippen LogP contribution in [0.15, 0.2) is 29.1 Å². The number of amides is 1. The smallest absolute Gasteiger partial charge is 0.358 e. The van der Waals surface area contributed by atoms with Crippen LogP contribution < -0.4 is 5.32 Å². The number of nitrogens with zero attached hydrogens (tertiary/aromatic N) is 4. The lowest BCUT2D eigenvalue weighted by Gasteiger charge is -2.04. The normalized spacial score (nSPS) is 10.2. The quantitative estimate of drug-likeness (QED) is 0.823. The highest BCUT2D eigenvalue weighted by Crippen LogP contribution is 2.09. The fourth-order valence-electron chi connectivity index (χ4n) is 1.43. The third-order valence-corrected chi connectivity index (χ3v) is 2.78. The molecule has 2 aromatic rings. The molecule has 2 aromatic heterocycles. The molecule has 0 fully saturated rings. The molecule has 0 saturated carbocycles. The first-order valence-electron chi connectivity index (χ1n) is 5.58. The molecule has 0 saturated heterocycles. The van der Waals surface area contributed by atoms with Crippen molar-refractivity contribution in [3.05, 3.63) is 40.4 Å². The van der Waals surface area contributed by atoms with Crippen LogP contribution in [0.25, 0.3) is 0 Å². The zero-order chi connectivity index (χ0) is 14.5. The number of aromatic nitrogens is 4. The van der Waals surface area contributed by atoms with Gasteiger partial charge in [-0.25, -0.2) is 9.48 Å². The van der Waals surface area contributed by atoms with Crippen molar-refractivity contribution in [2.75, 3.05) is 6.54 Å². The Morgan fingerprint density at radius 2 is 2.20 bits per heavy atom. The number of halogens is 1. The van der Waals surface area contributed by atoms with Gasteiger partial charge in [-0.1, -0.05) is 5.21 Å². The summed E-state index contributed by atoms with van der Waals surface area (Å²) in [7, 11) is 0. The maximum absolute atomic E-state index is 11.8. The Hall–Kier alpha value is -2.29. The highest BCUT2D eigenvalue weighted by Gasteiger charge is 2.09. The average Bonchev–Trinajstić information content (AvgIpc) is 2.87. The van der Waals surface area contributed by atoms with Crippen LogP contribution in [-0.2, 0) is 6.54 Å². The van der Waals surface area contributed by atoms with Crippen LogP contribution in [0.4, 0.5) is 0 Å². The average molecular weight is 340 g/mol. The van der Waals surface area contributed by atoms with Gasteiger partial charge >= 0.3 is 5.97 Å². The van der Waals surface area contributed by atoms with E-state index in [1.54, 1.807) is 12.3 Å². The van der Waals surface area contributed by atoms with Crippen LogP contribution in [0.1, 0.15) is 20.8 Å². The van der Waals surface area contributed by atoms with Crippen LogP contribution >= 0.6 is 15.9 Å². The first-order valence-corrected chi connectivity index (χ1v) is 6.38. The van der Waals surface area contributed by atoms with Crippen LogP contribution in [-0.4, -0.2) is 43.5 Å². The molecule has 2 heterocycles. The summed E-state index contributed by atoms with van der Waals surface area (Å²) in [6.45, 7) is 0.626. The second-order valence-corrected chi connectivity index (χ2v) is 4.74. The first-order chi connectivity index (χ1) is 9.56. The molecule has 9 heteroatoms. The van der Waals surface area contributed by atoms with Gasteiger partial charge in [0.25, 0.3) is 5.91 Å². The van der Waals surface area contributed by atoms with E-state index >= 15 is 0 Å². The molecule has 0 bridgehead atoms. The summed E-state index contributed by atoms with van der Waals surface area (Å²) in [4.78, 5) is 26.3. The molecule has 0 atom stereocenters. The molecule has 1 amide bonds. The van der Waals surface area contributed by atoms with Gasteiger partial charge in [-0.3, -0.25) is 9.78 Å². The lowest BCUT2D eigenvalue weighted by molar-refractivity contribution is 0.0690. The van der Waals surface area contributed by atoms with Crippen LogP contribution in [0.2, 0.25) is 0 Å². The van der Waals surface area contributed by atoms with Gasteiger partial charge in [0.15, 0.2) is 5.69 Å². The Kier molecular flexibility index (Phi) is 4.41. The van der Waals surface area contributed by atoms with E-state index in [2.05, 4.69) is 36.5 Å². The van der Waals surface area contributed by atoms with Crippen LogP contribution in [0.5, 0.6) is 0 Å². The highest BCUT2D eigenvalue weighted by atomic mass is 79.9. The summed E-state index contributed by atoms with van der Waals surface area (Å²) in [6.07, 6.45) is 4.34. The van der Waals surface area contributed by atoms with Gasteiger partial charge in [0.05, 0.1) is 18.3 Å². The summed E-state index contributed by atoms with van der Waals surface area (Å²) >= 11 is 3.23. The second kappa shape index (κ2) is 6.24. The molecule has 2 rings (SSSR count). The van der Waals surface area contributed by atoms with Crippen molar-refractivity contribution < 1.29 is 14.7 Å². The standard InChI is InChI=1S/C11H10BrN5O3/c12-8-3-7(4-13-5-8)10(18)14-1-2-17-6-9(11(19)20)15-16-17/h3-6H,1-2H2,(H,14,18)(H,19,20). The van der Waals surface area contributed by atoms with Crippen LogP contribution in [0, 0.1) is 0 Å². The maximum Gasteiger partial charge on any atom is 0.358 e. The maximum atomic E-state index is 11.8. The Morgan fingerprint density at radius 3 is 2.85 bits per heavy atom. The molecule has 0 radical (unpaired) electrons. The molecule has 0 aliphatic heterocycles. The number of rotatable bonds is 5. The molecule has 8 nitrogen and oxygen atoms in total. The molecule has 0 aromatic carbocycles. The van der Waals surface area contributed by atoms with Crippen LogP contribution in [0.3, 0.4) is 0 Å². The molecule has 104 valence electrons. The molecular formula is C11H10BrN5O3. The van der Waals surface area contributed by atoms with E-state index in [1.165, 1.54) is 17.1 Å². The van der Waals surface area contributed by atoms with Crippen molar-refractivity contribution in [3.63, 3.8) is 0 Å². The number of carboxylic acids is 1. The third kappa shape index (κ3) is 3.60. The number of aromatic carboxylic acids is 1. The van der Waals surface area contributed by atoms with E-state index in [1.807, 2.05) is 0 Å².